The summed E-state index contributed by atoms with van der Waals surface area (Å²) >= 11 is 0. The Labute approximate surface area is 266 Å². The molecule has 0 bridgehead atoms. The molecule has 1 aliphatic carbocycles. The van der Waals surface area contributed by atoms with Crippen LogP contribution in [0.25, 0.3) is 0 Å². The lowest BCUT2D eigenvalue weighted by Crippen LogP contribution is -2.65. The highest BCUT2D eigenvalue weighted by Gasteiger charge is 2.49. The normalized spacial score (nSPS) is 28.4. The highest BCUT2D eigenvalue weighted by atomic mass is 16.7. The van der Waals surface area contributed by atoms with Crippen molar-refractivity contribution in [2.45, 2.75) is 180 Å². The van der Waals surface area contributed by atoms with Crippen LogP contribution in [0.1, 0.15) is 134 Å². The van der Waals surface area contributed by atoms with Gasteiger partial charge in [-0.25, -0.2) is 0 Å². The largest absolute Gasteiger partial charge is 0.388 e. The predicted octanol–water partition coefficient (Wildman–Crippen LogP) is 4.47. The number of amides is 2. The number of carbonyl (C=O) groups is 2. The molecule has 44 heavy (non-hydrogen) atoms. The topological polar surface area (TPSA) is 124 Å². The van der Waals surface area contributed by atoms with Gasteiger partial charge in [-0.1, -0.05) is 0 Å². The Bertz CT molecular complexity index is 888. The summed E-state index contributed by atoms with van der Waals surface area (Å²) < 4.78 is 0. The third-order valence-electron chi connectivity index (χ3n) is 9.44. The average Bonchev–Trinajstić information content (AvgIpc) is 2.79. The highest BCUT2D eigenvalue weighted by Crippen LogP contribution is 2.41. The second-order valence-corrected chi connectivity index (χ2v) is 17.8. The first kappa shape index (κ1) is 37.2. The lowest BCUT2D eigenvalue weighted by atomic mass is 9.77. The van der Waals surface area contributed by atoms with Gasteiger partial charge in [-0.3, -0.25) is 19.3 Å². The van der Waals surface area contributed by atoms with E-state index in [9.17, 15) is 19.8 Å². The first-order valence-corrected chi connectivity index (χ1v) is 16.7. The van der Waals surface area contributed by atoms with Crippen LogP contribution in [0.3, 0.4) is 0 Å². The van der Waals surface area contributed by atoms with Crippen molar-refractivity contribution < 1.29 is 29.5 Å². The third kappa shape index (κ3) is 9.85. The Kier molecular flexibility index (Phi) is 11.0. The number of carbonyl (C=O) groups excluding carboxylic acids is 2. The Morgan fingerprint density at radius 3 is 1.09 bits per heavy atom. The minimum absolute atomic E-state index is 0.0283. The third-order valence-corrected chi connectivity index (χ3v) is 9.44. The van der Waals surface area contributed by atoms with Gasteiger partial charge < -0.3 is 20.8 Å². The summed E-state index contributed by atoms with van der Waals surface area (Å²) in [6, 6.07) is 0.0565. The molecule has 1 saturated carbocycles. The zero-order valence-corrected chi connectivity index (χ0v) is 29.8. The number of hydroxylamine groups is 4. The first-order valence-electron chi connectivity index (χ1n) is 16.7. The summed E-state index contributed by atoms with van der Waals surface area (Å²) in [5.41, 5.74) is -3.12. The van der Waals surface area contributed by atoms with Crippen LogP contribution in [0.2, 0.25) is 0 Å². The van der Waals surface area contributed by atoms with E-state index in [2.05, 4.69) is 66.0 Å². The number of hydrogen-bond donors (Lipinski definition) is 4. The van der Waals surface area contributed by atoms with E-state index < -0.39 is 11.2 Å². The molecule has 0 spiro atoms. The number of rotatable bonds is 10. The predicted molar refractivity (Wildman–Crippen MR) is 172 cm³/mol. The van der Waals surface area contributed by atoms with Crippen LogP contribution in [0.5, 0.6) is 0 Å². The average molecular weight is 625 g/mol. The molecule has 10 heteroatoms. The molecule has 3 fully saturated rings. The molecule has 3 rings (SSSR count). The Morgan fingerprint density at radius 1 is 0.614 bits per heavy atom. The van der Waals surface area contributed by atoms with Gasteiger partial charge in [-0.15, -0.1) is 0 Å². The first-order chi connectivity index (χ1) is 19.8. The molecule has 3 aliphatic rings. The molecule has 0 atom stereocenters. The molecule has 2 heterocycles. The summed E-state index contributed by atoms with van der Waals surface area (Å²) in [6.45, 7) is 24.3. The second kappa shape index (κ2) is 13.1. The Balaban J connectivity index is 1.50. The van der Waals surface area contributed by atoms with Gasteiger partial charge >= 0.3 is 0 Å². The number of nitrogens with zero attached hydrogens (tertiary/aromatic N) is 2. The van der Waals surface area contributed by atoms with Crippen molar-refractivity contribution in [1.29, 1.82) is 0 Å². The van der Waals surface area contributed by atoms with E-state index in [4.69, 9.17) is 9.68 Å². The van der Waals surface area contributed by atoms with E-state index >= 15 is 0 Å². The summed E-state index contributed by atoms with van der Waals surface area (Å²) in [6.07, 6.45) is 5.85. The van der Waals surface area contributed by atoms with Crippen LogP contribution in [-0.4, -0.2) is 90.8 Å². The molecule has 0 aromatic carbocycles. The fourth-order valence-electron chi connectivity index (χ4n) is 8.13. The monoisotopic (exact) mass is 624 g/mol. The Hall–Kier alpha value is -1.30. The number of hydrogen-bond acceptors (Lipinski definition) is 8. The fourth-order valence-corrected chi connectivity index (χ4v) is 8.13. The molecule has 0 radical (unpaired) electrons. The maximum Gasteiger partial charge on any atom is 0.223 e. The molecule has 0 aromatic rings. The number of nitrogens with one attached hydrogen (secondary N) is 2. The summed E-state index contributed by atoms with van der Waals surface area (Å²) in [5.74, 6) is 0.0223. The quantitative estimate of drug-likeness (QED) is 0.281. The van der Waals surface area contributed by atoms with Crippen molar-refractivity contribution in [3.8, 4) is 0 Å². The van der Waals surface area contributed by atoms with Crippen LogP contribution in [0.4, 0.5) is 0 Å². The van der Waals surface area contributed by atoms with Gasteiger partial charge in [0, 0.05) is 46.1 Å². The fraction of sp³-hybridized carbons (Fsp3) is 0.941. The SMILES string of the molecule is CC(C)(O)CON1C(C)(C)CC(NC(=O)C2CCC(C(=O)NC3CC(C)(C)N(OCC(C)(C)O)C(C)(C)C3)CC2)CC1(C)C. The number of piperidine rings is 2. The van der Waals surface area contributed by atoms with Gasteiger partial charge in [0.25, 0.3) is 0 Å². The standard InChI is InChI=1S/C34H64N4O6/c1-29(2)17-25(18-30(3,4)37(29)43-21-33(9,10)41)35-27(39)23-13-15-24(16-14-23)28(40)36-26-19-31(5,6)38(32(7,8)20-26)44-22-34(11,12)42/h23-26,41-42H,13-22H2,1-12H3,(H,35,39)(H,36,40). The van der Waals surface area contributed by atoms with E-state index in [1.807, 2.05) is 10.1 Å². The summed E-state index contributed by atoms with van der Waals surface area (Å²) in [5, 5.41) is 31.0. The van der Waals surface area contributed by atoms with Gasteiger partial charge in [-0.05, 0) is 134 Å². The van der Waals surface area contributed by atoms with E-state index in [1.165, 1.54) is 0 Å². The van der Waals surface area contributed by atoms with Crippen molar-refractivity contribution in [2.24, 2.45) is 11.8 Å². The van der Waals surface area contributed by atoms with E-state index in [0.717, 1.165) is 25.7 Å². The zero-order chi connectivity index (χ0) is 33.5. The van der Waals surface area contributed by atoms with E-state index in [0.29, 0.717) is 25.7 Å². The zero-order valence-electron chi connectivity index (χ0n) is 29.8. The molecule has 10 nitrogen and oxygen atoms in total. The van der Waals surface area contributed by atoms with E-state index in [1.54, 1.807) is 27.7 Å². The number of aliphatic hydroxyl groups is 2. The van der Waals surface area contributed by atoms with Crippen LogP contribution >= 0.6 is 0 Å². The van der Waals surface area contributed by atoms with Crippen molar-refractivity contribution in [3.05, 3.63) is 0 Å². The van der Waals surface area contributed by atoms with Crippen molar-refractivity contribution in [1.82, 2.24) is 20.8 Å². The van der Waals surface area contributed by atoms with Gasteiger partial charge in [0.2, 0.25) is 11.8 Å². The van der Waals surface area contributed by atoms with E-state index in [-0.39, 0.29) is 71.1 Å². The van der Waals surface area contributed by atoms with Gasteiger partial charge in [0.15, 0.2) is 0 Å². The Morgan fingerprint density at radius 2 is 0.864 bits per heavy atom. The summed E-state index contributed by atoms with van der Waals surface area (Å²) in [4.78, 5) is 39.0. The van der Waals surface area contributed by atoms with Crippen molar-refractivity contribution in [2.75, 3.05) is 13.2 Å². The lowest BCUT2D eigenvalue weighted by Gasteiger charge is -2.54. The molecule has 2 amide bonds. The summed E-state index contributed by atoms with van der Waals surface area (Å²) in [7, 11) is 0. The molecule has 0 unspecified atom stereocenters. The van der Waals surface area contributed by atoms with Crippen LogP contribution in [0, 0.1) is 11.8 Å². The van der Waals surface area contributed by atoms with Crippen molar-refractivity contribution in [3.63, 3.8) is 0 Å². The minimum atomic E-state index is -0.926. The van der Waals surface area contributed by atoms with Crippen LogP contribution < -0.4 is 10.6 Å². The molecule has 2 aliphatic heterocycles. The van der Waals surface area contributed by atoms with Crippen LogP contribution in [-0.2, 0) is 19.3 Å². The van der Waals surface area contributed by atoms with Gasteiger partial charge in [0.05, 0.1) is 24.4 Å². The molecule has 2 saturated heterocycles. The highest BCUT2D eigenvalue weighted by molar-refractivity contribution is 5.81. The second-order valence-electron chi connectivity index (χ2n) is 17.8. The molecule has 4 N–H and O–H groups in total. The van der Waals surface area contributed by atoms with Crippen molar-refractivity contribution >= 4 is 11.8 Å². The minimum Gasteiger partial charge on any atom is -0.388 e. The maximum absolute atomic E-state index is 13.4. The molecular weight excluding hydrogens is 560 g/mol. The molecular formula is C34H64N4O6. The lowest BCUT2D eigenvalue weighted by molar-refractivity contribution is -0.299. The van der Waals surface area contributed by atoms with Crippen LogP contribution in [0.15, 0.2) is 0 Å². The maximum atomic E-state index is 13.4. The molecule has 256 valence electrons. The smallest absolute Gasteiger partial charge is 0.223 e. The van der Waals surface area contributed by atoms with Gasteiger partial charge in [0.1, 0.15) is 0 Å². The van der Waals surface area contributed by atoms with Gasteiger partial charge in [-0.2, -0.15) is 10.1 Å². The molecule has 0 aromatic heterocycles.